The molecule has 3 heterocycles. The zero-order valence-electron chi connectivity index (χ0n) is 16.7. The van der Waals surface area contributed by atoms with Crippen molar-refractivity contribution in [2.75, 3.05) is 23.3 Å². The molecule has 0 bridgehead atoms. The van der Waals surface area contributed by atoms with E-state index in [1.165, 1.54) is 24.5 Å². The third-order valence-electron chi connectivity index (χ3n) is 5.12. The highest BCUT2D eigenvalue weighted by molar-refractivity contribution is 6.05. The van der Waals surface area contributed by atoms with E-state index in [0.29, 0.717) is 42.7 Å². The van der Waals surface area contributed by atoms with Crippen LogP contribution < -0.4 is 10.2 Å². The van der Waals surface area contributed by atoms with Crippen LogP contribution in [0.5, 0.6) is 0 Å². The average molecular weight is 420 g/mol. The van der Waals surface area contributed by atoms with Crippen molar-refractivity contribution in [1.82, 2.24) is 9.97 Å². The van der Waals surface area contributed by atoms with Crippen LogP contribution in [0.1, 0.15) is 33.6 Å². The number of ether oxygens (including phenoxy) is 1. The van der Waals surface area contributed by atoms with Crippen molar-refractivity contribution in [2.45, 2.75) is 18.9 Å². The summed E-state index contributed by atoms with van der Waals surface area (Å²) >= 11 is 0. The van der Waals surface area contributed by atoms with Crippen molar-refractivity contribution in [3.63, 3.8) is 0 Å². The number of pyridine rings is 2. The van der Waals surface area contributed by atoms with Gasteiger partial charge in [0.05, 0.1) is 16.9 Å². The molecular weight excluding hydrogens is 399 g/mol. The van der Waals surface area contributed by atoms with E-state index in [0.717, 1.165) is 5.69 Å². The molecule has 1 N–H and O–H groups in total. The second kappa shape index (κ2) is 9.34. The lowest BCUT2D eigenvalue weighted by molar-refractivity contribution is 0.0245. The molecule has 0 aliphatic carbocycles. The van der Waals surface area contributed by atoms with Gasteiger partial charge in [0.25, 0.3) is 5.91 Å². The smallest absolute Gasteiger partial charge is 0.338 e. The number of hydrogen-bond acceptors (Lipinski definition) is 6. The Labute approximate surface area is 178 Å². The van der Waals surface area contributed by atoms with Gasteiger partial charge in [0.2, 0.25) is 0 Å². The second-order valence-corrected chi connectivity index (χ2v) is 7.18. The predicted octanol–water partition coefficient (Wildman–Crippen LogP) is 3.69. The summed E-state index contributed by atoms with van der Waals surface area (Å²) in [6, 6.07) is 10.8. The first kappa shape index (κ1) is 20.5. The Hall–Kier alpha value is -3.81. The van der Waals surface area contributed by atoms with Crippen LogP contribution in [-0.2, 0) is 4.74 Å². The van der Waals surface area contributed by atoms with Gasteiger partial charge >= 0.3 is 5.97 Å². The molecule has 1 amide bonds. The Balaban J connectivity index is 1.41. The molecule has 0 unspecified atom stereocenters. The zero-order chi connectivity index (χ0) is 21.6. The molecule has 1 aliphatic rings. The van der Waals surface area contributed by atoms with Gasteiger partial charge in [-0.1, -0.05) is 0 Å². The van der Waals surface area contributed by atoms with E-state index in [-0.39, 0.29) is 18.0 Å². The first-order chi connectivity index (χ1) is 15.1. The van der Waals surface area contributed by atoms with Gasteiger partial charge in [0, 0.05) is 56.3 Å². The highest BCUT2D eigenvalue weighted by Gasteiger charge is 2.25. The standard InChI is InChI=1S/C23H21FN4O3/c24-18-1-2-21(20(15-18)27-22(29)16-3-9-25-10-4-16)28-13-7-19(8-14-28)31-23(30)17-5-11-26-12-6-17/h1-6,9-12,15,19H,7-8,13-14H2,(H,27,29). The SMILES string of the molecule is O=C(Nc1cc(F)ccc1N1CCC(OC(=O)c2ccncc2)CC1)c1ccncc1. The van der Waals surface area contributed by atoms with Crippen molar-refractivity contribution in [1.29, 1.82) is 0 Å². The lowest BCUT2D eigenvalue weighted by atomic mass is 10.1. The summed E-state index contributed by atoms with van der Waals surface area (Å²) in [5.41, 5.74) is 2.03. The van der Waals surface area contributed by atoms with Crippen LogP contribution in [0.3, 0.4) is 0 Å². The highest BCUT2D eigenvalue weighted by Crippen LogP contribution is 2.30. The topological polar surface area (TPSA) is 84.4 Å². The van der Waals surface area contributed by atoms with Gasteiger partial charge < -0.3 is 15.0 Å². The summed E-state index contributed by atoms with van der Waals surface area (Å²) in [4.78, 5) is 34.6. The van der Waals surface area contributed by atoms with Gasteiger partial charge in [-0.25, -0.2) is 9.18 Å². The number of nitrogens with zero attached hydrogens (tertiary/aromatic N) is 3. The number of hydrogen-bond donors (Lipinski definition) is 1. The summed E-state index contributed by atoms with van der Waals surface area (Å²) in [7, 11) is 0. The van der Waals surface area contributed by atoms with E-state index >= 15 is 0 Å². The van der Waals surface area contributed by atoms with Gasteiger partial charge in [0.1, 0.15) is 11.9 Å². The molecule has 31 heavy (non-hydrogen) atoms. The van der Waals surface area contributed by atoms with Crippen molar-refractivity contribution in [3.05, 3.63) is 84.2 Å². The molecule has 1 saturated heterocycles. The number of anilines is 2. The van der Waals surface area contributed by atoms with Gasteiger partial charge in [-0.2, -0.15) is 0 Å². The van der Waals surface area contributed by atoms with Crippen LogP contribution in [0.25, 0.3) is 0 Å². The number of carbonyl (C=O) groups is 2. The van der Waals surface area contributed by atoms with Crippen molar-refractivity contribution in [2.24, 2.45) is 0 Å². The van der Waals surface area contributed by atoms with Crippen LogP contribution in [0.4, 0.5) is 15.8 Å². The fourth-order valence-corrected chi connectivity index (χ4v) is 3.50. The number of piperidine rings is 1. The summed E-state index contributed by atoms with van der Waals surface area (Å²) in [5.74, 6) is -1.14. The maximum absolute atomic E-state index is 13.9. The van der Waals surface area contributed by atoms with E-state index in [9.17, 15) is 14.0 Å². The Bertz CT molecular complexity index is 1050. The molecule has 1 fully saturated rings. The molecule has 1 aromatic carbocycles. The molecule has 7 nitrogen and oxygen atoms in total. The van der Waals surface area contributed by atoms with Gasteiger partial charge in [-0.3, -0.25) is 14.8 Å². The molecule has 0 radical (unpaired) electrons. The van der Waals surface area contributed by atoms with Crippen molar-refractivity contribution in [3.8, 4) is 0 Å². The number of nitrogens with one attached hydrogen (secondary N) is 1. The van der Waals surface area contributed by atoms with Crippen LogP contribution >= 0.6 is 0 Å². The van der Waals surface area contributed by atoms with Crippen molar-refractivity contribution < 1.29 is 18.7 Å². The number of amides is 1. The van der Waals surface area contributed by atoms with Crippen LogP contribution in [0.2, 0.25) is 0 Å². The van der Waals surface area contributed by atoms with Crippen LogP contribution in [0, 0.1) is 5.82 Å². The van der Waals surface area contributed by atoms with E-state index in [4.69, 9.17) is 4.74 Å². The monoisotopic (exact) mass is 420 g/mol. The van der Waals surface area contributed by atoms with Gasteiger partial charge in [-0.05, 0) is 42.5 Å². The lowest BCUT2D eigenvalue weighted by Crippen LogP contribution is -2.38. The Morgan fingerprint density at radius 2 is 1.55 bits per heavy atom. The van der Waals surface area contributed by atoms with Crippen LogP contribution in [-0.4, -0.2) is 41.0 Å². The molecule has 3 aromatic rings. The summed E-state index contributed by atoms with van der Waals surface area (Å²) in [6.07, 6.45) is 7.22. The molecule has 158 valence electrons. The number of carbonyl (C=O) groups excluding carboxylic acids is 2. The molecule has 0 saturated carbocycles. The van der Waals surface area contributed by atoms with E-state index in [2.05, 4.69) is 20.2 Å². The molecule has 8 heteroatoms. The summed E-state index contributed by atoms with van der Waals surface area (Å²) in [5, 5.41) is 2.79. The molecule has 0 atom stereocenters. The molecular formula is C23H21FN4O3. The number of halogens is 1. The van der Waals surface area contributed by atoms with Crippen molar-refractivity contribution >= 4 is 23.3 Å². The number of esters is 1. The molecule has 0 spiro atoms. The third kappa shape index (κ3) is 5.03. The predicted molar refractivity (Wildman–Crippen MR) is 113 cm³/mol. The second-order valence-electron chi connectivity index (χ2n) is 7.18. The fourth-order valence-electron chi connectivity index (χ4n) is 3.50. The summed E-state index contributed by atoms with van der Waals surface area (Å²) < 4.78 is 19.5. The maximum Gasteiger partial charge on any atom is 0.338 e. The Kier molecular flexibility index (Phi) is 6.16. The van der Waals surface area contributed by atoms with Gasteiger partial charge in [-0.15, -0.1) is 0 Å². The minimum absolute atomic E-state index is 0.202. The minimum Gasteiger partial charge on any atom is -0.459 e. The highest BCUT2D eigenvalue weighted by atomic mass is 19.1. The molecule has 2 aromatic heterocycles. The van der Waals surface area contributed by atoms with Gasteiger partial charge in [0.15, 0.2) is 0 Å². The third-order valence-corrected chi connectivity index (χ3v) is 5.12. The first-order valence-electron chi connectivity index (χ1n) is 9.97. The molecule has 1 aliphatic heterocycles. The lowest BCUT2D eigenvalue weighted by Gasteiger charge is -2.34. The number of aromatic nitrogens is 2. The van der Waals surface area contributed by atoms with Crippen LogP contribution in [0.15, 0.2) is 67.3 Å². The van der Waals surface area contributed by atoms with E-state index < -0.39 is 5.82 Å². The van der Waals surface area contributed by atoms with E-state index in [1.54, 1.807) is 42.7 Å². The minimum atomic E-state index is -0.435. The first-order valence-corrected chi connectivity index (χ1v) is 9.97. The quantitative estimate of drug-likeness (QED) is 0.634. The maximum atomic E-state index is 13.9. The fraction of sp³-hybridized carbons (Fsp3) is 0.217. The number of rotatable bonds is 5. The zero-order valence-corrected chi connectivity index (χ0v) is 16.7. The normalized spacial score (nSPS) is 14.2. The average Bonchev–Trinajstić information content (AvgIpc) is 2.81. The Morgan fingerprint density at radius 1 is 0.935 bits per heavy atom. The number of benzene rings is 1. The Morgan fingerprint density at radius 3 is 2.19 bits per heavy atom. The largest absolute Gasteiger partial charge is 0.459 e. The molecule has 4 rings (SSSR count). The summed E-state index contributed by atoms with van der Waals surface area (Å²) in [6.45, 7) is 1.22. The van der Waals surface area contributed by atoms with E-state index in [1.807, 2.05) is 0 Å².